The number of halogens is 1. The highest BCUT2D eigenvalue weighted by molar-refractivity contribution is 6.01. The summed E-state index contributed by atoms with van der Waals surface area (Å²) < 4.78 is 12.5. The maximum Gasteiger partial charge on any atom is 0.307 e. The molecule has 0 atom stereocenters. The lowest BCUT2D eigenvalue weighted by molar-refractivity contribution is -0.136. The molecule has 0 saturated carbocycles. The van der Waals surface area contributed by atoms with Gasteiger partial charge in [-0.15, -0.1) is 0 Å². The van der Waals surface area contributed by atoms with Crippen molar-refractivity contribution in [3.63, 3.8) is 0 Å². The Bertz CT molecular complexity index is 437. The zero-order valence-corrected chi connectivity index (χ0v) is 8.61. The largest absolute Gasteiger partial charge is 0.481 e. The van der Waals surface area contributed by atoms with Crippen LogP contribution in [0.15, 0.2) is 23.9 Å². The van der Waals surface area contributed by atoms with Crippen LogP contribution < -0.4 is 0 Å². The minimum Gasteiger partial charge on any atom is -0.481 e. The number of aliphatic carboxylic acids is 1. The molecule has 0 spiro atoms. The van der Waals surface area contributed by atoms with Crippen molar-refractivity contribution in [2.24, 2.45) is 0 Å². The Labute approximate surface area is 91.4 Å². The SMILES string of the molecule is CC(=O)/C(=C/c1ccc(F)cn1)CC(=O)O. The number of Topliss-reactive ketones (excluding diaryl/α,β-unsaturated/α-hetero) is 1. The smallest absolute Gasteiger partial charge is 0.307 e. The van der Waals surface area contributed by atoms with Crippen LogP contribution in [0.25, 0.3) is 6.08 Å². The third kappa shape index (κ3) is 3.61. The molecule has 0 aromatic carbocycles. The normalized spacial score (nSPS) is 11.2. The summed E-state index contributed by atoms with van der Waals surface area (Å²) in [4.78, 5) is 25.3. The molecule has 0 aliphatic carbocycles. The Balaban J connectivity index is 2.97. The topological polar surface area (TPSA) is 67.3 Å². The first-order valence-electron chi connectivity index (χ1n) is 4.54. The van der Waals surface area contributed by atoms with E-state index in [0.717, 1.165) is 6.20 Å². The van der Waals surface area contributed by atoms with E-state index in [1.54, 1.807) is 0 Å². The summed E-state index contributed by atoms with van der Waals surface area (Å²) in [5.74, 6) is -1.92. The van der Waals surface area contributed by atoms with Crippen molar-refractivity contribution in [3.05, 3.63) is 35.4 Å². The molecule has 5 heteroatoms. The zero-order valence-electron chi connectivity index (χ0n) is 8.61. The van der Waals surface area contributed by atoms with Crippen LogP contribution in [0.1, 0.15) is 19.0 Å². The van der Waals surface area contributed by atoms with E-state index < -0.39 is 11.8 Å². The summed E-state index contributed by atoms with van der Waals surface area (Å²) >= 11 is 0. The first-order valence-corrected chi connectivity index (χ1v) is 4.54. The van der Waals surface area contributed by atoms with E-state index in [1.165, 1.54) is 25.1 Å². The summed E-state index contributed by atoms with van der Waals surface area (Å²) in [6.45, 7) is 1.28. The predicted molar refractivity (Wildman–Crippen MR) is 55.1 cm³/mol. The van der Waals surface area contributed by atoms with E-state index >= 15 is 0 Å². The first-order chi connectivity index (χ1) is 7.49. The Morgan fingerprint density at radius 1 is 1.50 bits per heavy atom. The molecular formula is C11H10FNO3. The minimum atomic E-state index is -1.09. The lowest BCUT2D eigenvalue weighted by Gasteiger charge is -1.99. The molecular weight excluding hydrogens is 213 g/mol. The molecule has 0 unspecified atom stereocenters. The van der Waals surface area contributed by atoms with E-state index in [4.69, 9.17) is 5.11 Å². The second-order valence-electron chi connectivity index (χ2n) is 3.20. The molecule has 1 heterocycles. The average Bonchev–Trinajstić information content (AvgIpc) is 2.19. The van der Waals surface area contributed by atoms with Crippen molar-refractivity contribution in [2.45, 2.75) is 13.3 Å². The van der Waals surface area contributed by atoms with Crippen molar-refractivity contribution in [1.29, 1.82) is 0 Å². The number of hydrogen-bond donors (Lipinski definition) is 1. The van der Waals surface area contributed by atoms with Gasteiger partial charge in [-0.2, -0.15) is 0 Å². The fourth-order valence-corrected chi connectivity index (χ4v) is 1.09. The molecule has 0 saturated heterocycles. The lowest BCUT2D eigenvalue weighted by atomic mass is 10.1. The quantitative estimate of drug-likeness (QED) is 0.788. The number of carboxylic acids is 1. The molecule has 1 aromatic heterocycles. The number of nitrogens with zero attached hydrogens (tertiary/aromatic N) is 1. The van der Waals surface area contributed by atoms with Crippen LogP contribution in [-0.2, 0) is 9.59 Å². The second-order valence-corrected chi connectivity index (χ2v) is 3.20. The van der Waals surface area contributed by atoms with Gasteiger partial charge in [-0.3, -0.25) is 14.6 Å². The molecule has 0 fully saturated rings. The Hall–Kier alpha value is -2.04. The van der Waals surface area contributed by atoms with Crippen LogP contribution in [-0.4, -0.2) is 21.8 Å². The van der Waals surface area contributed by atoms with Gasteiger partial charge >= 0.3 is 5.97 Å². The molecule has 84 valence electrons. The van der Waals surface area contributed by atoms with Crippen molar-refractivity contribution >= 4 is 17.8 Å². The fraction of sp³-hybridized carbons (Fsp3) is 0.182. The fourth-order valence-electron chi connectivity index (χ4n) is 1.09. The van der Waals surface area contributed by atoms with E-state index in [2.05, 4.69) is 4.98 Å². The lowest BCUT2D eigenvalue weighted by Crippen LogP contribution is -2.04. The van der Waals surface area contributed by atoms with Crippen LogP contribution in [0.4, 0.5) is 4.39 Å². The number of pyridine rings is 1. The minimum absolute atomic E-state index is 0.131. The van der Waals surface area contributed by atoms with Crippen LogP contribution >= 0.6 is 0 Å². The number of carbonyl (C=O) groups is 2. The molecule has 16 heavy (non-hydrogen) atoms. The summed E-state index contributed by atoms with van der Waals surface area (Å²) in [5, 5.41) is 8.58. The predicted octanol–water partition coefficient (Wildman–Crippen LogP) is 1.67. The molecule has 1 aromatic rings. The molecule has 0 bridgehead atoms. The molecule has 0 amide bonds. The highest BCUT2D eigenvalue weighted by Crippen LogP contribution is 2.09. The maximum absolute atomic E-state index is 12.5. The number of rotatable bonds is 4. The molecule has 0 radical (unpaired) electrons. The van der Waals surface area contributed by atoms with Gasteiger partial charge in [0.2, 0.25) is 0 Å². The molecule has 1 rings (SSSR count). The van der Waals surface area contributed by atoms with E-state index in [0.29, 0.717) is 5.69 Å². The average molecular weight is 223 g/mol. The molecule has 0 aliphatic rings. The number of carboxylic acid groups (broad SMARTS) is 1. The van der Waals surface area contributed by atoms with E-state index in [9.17, 15) is 14.0 Å². The van der Waals surface area contributed by atoms with Crippen LogP contribution in [0.3, 0.4) is 0 Å². The summed E-state index contributed by atoms with van der Waals surface area (Å²) in [5.41, 5.74) is 0.486. The van der Waals surface area contributed by atoms with Crippen molar-refractivity contribution in [2.75, 3.05) is 0 Å². The zero-order chi connectivity index (χ0) is 12.1. The van der Waals surface area contributed by atoms with Crippen molar-refractivity contribution in [3.8, 4) is 0 Å². The second kappa shape index (κ2) is 5.16. The Kier molecular flexibility index (Phi) is 3.88. The van der Waals surface area contributed by atoms with Gasteiger partial charge in [0, 0.05) is 5.57 Å². The van der Waals surface area contributed by atoms with Gasteiger partial charge in [-0.05, 0) is 25.1 Å². The van der Waals surface area contributed by atoms with E-state index in [1.807, 2.05) is 0 Å². The monoisotopic (exact) mass is 223 g/mol. The number of aromatic nitrogens is 1. The third-order valence-corrected chi connectivity index (χ3v) is 1.87. The van der Waals surface area contributed by atoms with Gasteiger partial charge in [-0.1, -0.05) is 0 Å². The van der Waals surface area contributed by atoms with Crippen LogP contribution in [0, 0.1) is 5.82 Å². The van der Waals surface area contributed by atoms with Gasteiger partial charge in [0.1, 0.15) is 5.82 Å². The Morgan fingerprint density at radius 3 is 2.62 bits per heavy atom. The molecule has 0 aliphatic heterocycles. The summed E-state index contributed by atoms with van der Waals surface area (Å²) in [7, 11) is 0. The van der Waals surface area contributed by atoms with Crippen molar-refractivity contribution in [1.82, 2.24) is 4.98 Å². The first kappa shape index (κ1) is 12.0. The van der Waals surface area contributed by atoms with Crippen LogP contribution in [0.5, 0.6) is 0 Å². The number of carbonyl (C=O) groups excluding carboxylic acids is 1. The van der Waals surface area contributed by atoms with E-state index in [-0.39, 0.29) is 17.8 Å². The highest BCUT2D eigenvalue weighted by Gasteiger charge is 2.09. The van der Waals surface area contributed by atoms with Gasteiger partial charge in [0.25, 0.3) is 0 Å². The maximum atomic E-state index is 12.5. The van der Waals surface area contributed by atoms with Crippen molar-refractivity contribution < 1.29 is 19.1 Å². The van der Waals surface area contributed by atoms with Crippen LogP contribution in [0.2, 0.25) is 0 Å². The molecule has 1 N–H and O–H groups in total. The number of ketones is 1. The summed E-state index contributed by atoms with van der Waals surface area (Å²) in [6.07, 6.45) is 1.98. The highest BCUT2D eigenvalue weighted by atomic mass is 19.1. The van der Waals surface area contributed by atoms with Gasteiger partial charge in [0.05, 0.1) is 18.3 Å². The van der Waals surface area contributed by atoms with Gasteiger partial charge < -0.3 is 5.11 Å². The standard InChI is InChI=1S/C11H10FNO3/c1-7(14)8(5-11(15)16)4-10-3-2-9(12)6-13-10/h2-4,6H,5H2,1H3,(H,15,16)/b8-4+. The van der Waals surface area contributed by atoms with Gasteiger partial charge in [-0.25, -0.2) is 4.39 Å². The summed E-state index contributed by atoms with van der Waals surface area (Å²) in [6, 6.07) is 2.57. The number of hydrogen-bond acceptors (Lipinski definition) is 3. The molecule has 4 nitrogen and oxygen atoms in total. The Morgan fingerprint density at radius 2 is 2.19 bits per heavy atom. The third-order valence-electron chi connectivity index (χ3n) is 1.87. The van der Waals surface area contributed by atoms with Gasteiger partial charge in [0.15, 0.2) is 5.78 Å².